The summed E-state index contributed by atoms with van der Waals surface area (Å²) in [5.74, 6) is 0. The monoisotopic (exact) mass is 245 g/mol. The van der Waals surface area contributed by atoms with Crippen molar-refractivity contribution < 1.29 is 0 Å². The third-order valence-electron chi connectivity index (χ3n) is 3.33. The molecule has 0 aliphatic rings. The van der Waals surface area contributed by atoms with Crippen LogP contribution in [0.5, 0.6) is 0 Å². The van der Waals surface area contributed by atoms with Crippen molar-refractivity contribution in [1.82, 2.24) is 4.98 Å². The predicted octanol–water partition coefficient (Wildman–Crippen LogP) is 4.85. The number of hydrogen-bond donors (Lipinski definition) is 0. The van der Waals surface area contributed by atoms with E-state index in [4.69, 9.17) is 4.98 Å². The summed E-state index contributed by atoms with van der Waals surface area (Å²) in [6.45, 7) is 5.97. The van der Waals surface area contributed by atoms with Crippen molar-refractivity contribution in [2.75, 3.05) is 0 Å². The molecule has 0 fully saturated rings. The molecule has 1 heterocycles. The van der Waals surface area contributed by atoms with Crippen LogP contribution in [0.2, 0.25) is 0 Å². The van der Waals surface area contributed by atoms with Crippen LogP contribution in [-0.2, 0) is 0 Å². The SMILES string of the molecule is C=Cc1cccc2cc(C)c(-c3ccccc3)nc12. The van der Waals surface area contributed by atoms with Crippen molar-refractivity contribution in [3.8, 4) is 11.3 Å². The average molecular weight is 245 g/mol. The maximum absolute atomic E-state index is 4.84. The van der Waals surface area contributed by atoms with Crippen LogP contribution in [0, 0.1) is 6.92 Å². The van der Waals surface area contributed by atoms with Crippen molar-refractivity contribution in [2.45, 2.75) is 6.92 Å². The van der Waals surface area contributed by atoms with E-state index in [9.17, 15) is 0 Å². The van der Waals surface area contributed by atoms with E-state index < -0.39 is 0 Å². The Hall–Kier alpha value is -2.41. The first kappa shape index (κ1) is 11.7. The van der Waals surface area contributed by atoms with Crippen LogP contribution in [0.1, 0.15) is 11.1 Å². The fraction of sp³-hybridized carbons (Fsp3) is 0.0556. The molecule has 0 bridgehead atoms. The Morgan fingerprint density at radius 1 is 1.00 bits per heavy atom. The smallest absolute Gasteiger partial charge is 0.0781 e. The third kappa shape index (κ3) is 2.04. The van der Waals surface area contributed by atoms with Crippen LogP contribution in [0.4, 0.5) is 0 Å². The van der Waals surface area contributed by atoms with Crippen LogP contribution in [-0.4, -0.2) is 4.98 Å². The fourth-order valence-corrected chi connectivity index (χ4v) is 2.38. The first-order valence-corrected chi connectivity index (χ1v) is 6.38. The Labute approximate surface area is 113 Å². The van der Waals surface area contributed by atoms with E-state index in [0.717, 1.165) is 27.7 Å². The predicted molar refractivity (Wildman–Crippen MR) is 82.0 cm³/mol. The summed E-state index contributed by atoms with van der Waals surface area (Å²) in [6, 6.07) is 18.7. The minimum atomic E-state index is 1.02. The van der Waals surface area contributed by atoms with Gasteiger partial charge >= 0.3 is 0 Å². The minimum absolute atomic E-state index is 1.02. The fourth-order valence-electron chi connectivity index (χ4n) is 2.38. The molecular weight excluding hydrogens is 230 g/mol. The molecule has 92 valence electrons. The lowest BCUT2D eigenvalue weighted by Gasteiger charge is -2.09. The summed E-state index contributed by atoms with van der Waals surface area (Å²) in [7, 11) is 0. The number of aryl methyl sites for hydroxylation is 1. The average Bonchev–Trinajstić information content (AvgIpc) is 2.46. The van der Waals surface area contributed by atoms with Crippen molar-refractivity contribution in [3.05, 3.63) is 72.3 Å². The van der Waals surface area contributed by atoms with Gasteiger partial charge in [-0.3, -0.25) is 0 Å². The zero-order valence-electron chi connectivity index (χ0n) is 10.9. The number of pyridine rings is 1. The molecule has 0 atom stereocenters. The van der Waals surface area contributed by atoms with Gasteiger partial charge in [-0.25, -0.2) is 4.98 Å². The van der Waals surface area contributed by atoms with E-state index in [1.807, 2.05) is 36.4 Å². The van der Waals surface area contributed by atoms with Crippen LogP contribution in [0.3, 0.4) is 0 Å². The summed E-state index contributed by atoms with van der Waals surface area (Å²) in [4.78, 5) is 4.84. The van der Waals surface area contributed by atoms with Gasteiger partial charge in [0.15, 0.2) is 0 Å². The van der Waals surface area contributed by atoms with Gasteiger partial charge in [0.05, 0.1) is 11.2 Å². The largest absolute Gasteiger partial charge is 0.247 e. The highest BCUT2D eigenvalue weighted by Crippen LogP contribution is 2.26. The summed E-state index contributed by atoms with van der Waals surface area (Å²) >= 11 is 0. The summed E-state index contributed by atoms with van der Waals surface area (Å²) in [6.07, 6.45) is 1.86. The van der Waals surface area contributed by atoms with Gasteiger partial charge in [0.1, 0.15) is 0 Å². The van der Waals surface area contributed by atoms with Crippen LogP contribution in [0.25, 0.3) is 28.2 Å². The van der Waals surface area contributed by atoms with Crippen LogP contribution < -0.4 is 0 Å². The Bertz CT molecular complexity index is 742. The van der Waals surface area contributed by atoms with Gasteiger partial charge in [0.2, 0.25) is 0 Å². The molecule has 19 heavy (non-hydrogen) atoms. The molecular formula is C18H15N. The van der Waals surface area contributed by atoms with E-state index >= 15 is 0 Å². The lowest BCUT2D eigenvalue weighted by molar-refractivity contribution is 1.33. The Morgan fingerprint density at radius 3 is 2.53 bits per heavy atom. The minimum Gasteiger partial charge on any atom is -0.247 e. The number of rotatable bonds is 2. The molecule has 0 saturated heterocycles. The number of benzene rings is 2. The van der Waals surface area contributed by atoms with Crippen LogP contribution >= 0.6 is 0 Å². The topological polar surface area (TPSA) is 12.9 Å². The molecule has 1 nitrogen and oxygen atoms in total. The second kappa shape index (κ2) is 4.69. The molecule has 0 spiro atoms. The number of aromatic nitrogens is 1. The Balaban J connectivity index is 2.32. The normalized spacial score (nSPS) is 10.6. The third-order valence-corrected chi connectivity index (χ3v) is 3.33. The van der Waals surface area contributed by atoms with Gasteiger partial charge in [-0.05, 0) is 18.6 Å². The highest BCUT2D eigenvalue weighted by atomic mass is 14.7. The van der Waals surface area contributed by atoms with Crippen molar-refractivity contribution in [2.24, 2.45) is 0 Å². The summed E-state index contributed by atoms with van der Waals surface area (Å²) < 4.78 is 0. The lowest BCUT2D eigenvalue weighted by Crippen LogP contribution is -1.91. The van der Waals surface area contributed by atoms with Gasteiger partial charge in [0, 0.05) is 16.5 Å². The Kier molecular flexibility index (Phi) is 2.88. The lowest BCUT2D eigenvalue weighted by atomic mass is 10.0. The highest BCUT2D eigenvalue weighted by Gasteiger charge is 2.07. The van der Waals surface area contributed by atoms with Crippen molar-refractivity contribution in [3.63, 3.8) is 0 Å². The van der Waals surface area contributed by atoms with Gasteiger partial charge in [-0.1, -0.05) is 61.2 Å². The first-order chi connectivity index (χ1) is 9.29. The van der Waals surface area contributed by atoms with Crippen molar-refractivity contribution in [1.29, 1.82) is 0 Å². The number of para-hydroxylation sites is 1. The maximum Gasteiger partial charge on any atom is 0.0781 e. The van der Waals surface area contributed by atoms with Gasteiger partial charge in [0.25, 0.3) is 0 Å². The number of nitrogens with zero attached hydrogens (tertiary/aromatic N) is 1. The van der Waals surface area contributed by atoms with E-state index in [1.54, 1.807) is 0 Å². The Morgan fingerprint density at radius 2 is 1.79 bits per heavy atom. The zero-order chi connectivity index (χ0) is 13.2. The van der Waals surface area contributed by atoms with E-state index in [0.29, 0.717) is 0 Å². The molecule has 2 aromatic carbocycles. The van der Waals surface area contributed by atoms with Gasteiger partial charge in [-0.15, -0.1) is 0 Å². The number of fused-ring (bicyclic) bond motifs is 1. The summed E-state index contributed by atoms with van der Waals surface area (Å²) in [5, 5.41) is 1.16. The van der Waals surface area contributed by atoms with E-state index in [2.05, 4.69) is 37.8 Å². The molecule has 3 rings (SSSR count). The number of hydrogen-bond acceptors (Lipinski definition) is 1. The molecule has 1 aromatic heterocycles. The quantitative estimate of drug-likeness (QED) is 0.628. The molecule has 0 saturated carbocycles. The van der Waals surface area contributed by atoms with E-state index in [1.165, 1.54) is 5.56 Å². The van der Waals surface area contributed by atoms with Crippen LogP contribution in [0.15, 0.2) is 61.2 Å². The van der Waals surface area contributed by atoms with Gasteiger partial charge < -0.3 is 0 Å². The molecule has 0 unspecified atom stereocenters. The standard InChI is InChI=1S/C18H15N/c1-3-14-10-7-11-16-12-13(2)17(19-18(14)16)15-8-5-4-6-9-15/h3-12H,1H2,2H3. The molecule has 0 radical (unpaired) electrons. The molecule has 1 heteroatoms. The maximum atomic E-state index is 4.84. The molecule has 0 aliphatic carbocycles. The second-order valence-corrected chi connectivity index (χ2v) is 4.64. The molecule has 0 amide bonds. The van der Waals surface area contributed by atoms with Gasteiger partial charge in [-0.2, -0.15) is 0 Å². The molecule has 0 N–H and O–H groups in total. The van der Waals surface area contributed by atoms with E-state index in [-0.39, 0.29) is 0 Å². The highest BCUT2D eigenvalue weighted by molar-refractivity contribution is 5.89. The van der Waals surface area contributed by atoms with Crippen molar-refractivity contribution >= 4 is 17.0 Å². The molecule has 3 aromatic rings. The second-order valence-electron chi connectivity index (χ2n) is 4.64. The summed E-state index contributed by atoms with van der Waals surface area (Å²) in [5.41, 5.74) is 5.49. The first-order valence-electron chi connectivity index (χ1n) is 6.38. The molecule has 0 aliphatic heterocycles. The zero-order valence-corrected chi connectivity index (χ0v) is 10.9.